The van der Waals surface area contributed by atoms with Crippen LogP contribution >= 0.6 is 0 Å². The molecule has 4 heterocycles. The molecule has 0 unspecified atom stereocenters. The molecule has 5 nitrogen and oxygen atoms in total. The Labute approximate surface area is 141 Å². The highest BCUT2D eigenvalue weighted by Gasteiger charge is 2.41. The van der Waals surface area contributed by atoms with Gasteiger partial charge < -0.3 is 0 Å². The molecule has 0 radical (unpaired) electrons. The van der Waals surface area contributed by atoms with E-state index in [4.69, 9.17) is 0 Å². The summed E-state index contributed by atoms with van der Waals surface area (Å²) < 4.78 is 2.00. The minimum absolute atomic E-state index is 0.463. The second-order valence-electron chi connectivity index (χ2n) is 6.86. The summed E-state index contributed by atoms with van der Waals surface area (Å²) in [6, 6.07) is 11.8. The van der Waals surface area contributed by atoms with Gasteiger partial charge in [-0.15, -0.1) is 5.10 Å². The Morgan fingerprint density at radius 1 is 1.17 bits per heavy atom. The summed E-state index contributed by atoms with van der Waals surface area (Å²) in [5.41, 5.74) is 4.06. The van der Waals surface area contributed by atoms with Crippen LogP contribution in [-0.4, -0.2) is 30.5 Å². The number of hydrogen-bond donors (Lipinski definition) is 0. The SMILES string of the molecule is CCc1nc2ncc3c(n2n1)C[C@@H]1CC[C@@H]3N1Cc1ccccc1. The molecule has 0 N–H and O–H groups in total. The van der Waals surface area contributed by atoms with Gasteiger partial charge in [0.1, 0.15) is 0 Å². The van der Waals surface area contributed by atoms with Crippen molar-refractivity contribution in [3.05, 3.63) is 59.2 Å². The number of hydrogen-bond acceptors (Lipinski definition) is 4. The third kappa shape index (κ3) is 2.08. The summed E-state index contributed by atoms with van der Waals surface area (Å²) in [7, 11) is 0. The normalized spacial score (nSPS) is 22.9. The molecule has 2 aliphatic rings. The lowest BCUT2D eigenvalue weighted by molar-refractivity contribution is 0.165. The van der Waals surface area contributed by atoms with Gasteiger partial charge in [-0.2, -0.15) is 4.98 Å². The summed E-state index contributed by atoms with van der Waals surface area (Å²) in [5.74, 6) is 1.64. The van der Waals surface area contributed by atoms with Gasteiger partial charge >= 0.3 is 0 Å². The Morgan fingerprint density at radius 2 is 2.04 bits per heavy atom. The molecule has 1 saturated heterocycles. The Kier molecular flexibility index (Phi) is 3.16. The average molecular weight is 319 g/mol. The molecule has 1 aromatic carbocycles. The van der Waals surface area contributed by atoms with Crippen LogP contribution in [0.3, 0.4) is 0 Å². The first-order valence-electron chi connectivity index (χ1n) is 8.86. The maximum Gasteiger partial charge on any atom is 0.252 e. The Morgan fingerprint density at radius 3 is 2.88 bits per heavy atom. The van der Waals surface area contributed by atoms with Gasteiger partial charge in [-0.3, -0.25) is 4.90 Å². The van der Waals surface area contributed by atoms with Crippen LogP contribution in [0.2, 0.25) is 0 Å². The first-order chi connectivity index (χ1) is 11.8. The molecular formula is C19H21N5. The van der Waals surface area contributed by atoms with E-state index in [1.807, 2.05) is 10.7 Å². The molecule has 0 saturated carbocycles. The van der Waals surface area contributed by atoms with E-state index in [1.165, 1.54) is 29.7 Å². The Hall–Kier alpha value is -2.27. The van der Waals surface area contributed by atoms with Gasteiger partial charge in [0.05, 0.1) is 5.69 Å². The van der Waals surface area contributed by atoms with Crippen LogP contribution in [0.5, 0.6) is 0 Å². The quantitative estimate of drug-likeness (QED) is 0.744. The predicted octanol–water partition coefficient (Wildman–Crippen LogP) is 2.95. The fourth-order valence-corrected chi connectivity index (χ4v) is 4.31. The van der Waals surface area contributed by atoms with Gasteiger partial charge in [0.2, 0.25) is 0 Å². The fourth-order valence-electron chi connectivity index (χ4n) is 4.31. The topological polar surface area (TPSA) is 46.3 Å². The Balaban J connectivity index is 1.55. The van der Waals surface area contributed by atoms with E-state index in [2.05, 4.69) is 57.2 Å². The van der Waals surface area contributed by atoms with Crippen molar-refractivity contribution in [2.24, 2.45) is 0 Å². The molecule has 5 heteroatoms. The van der Waals surface area contributed by atoms with Crippen molar-refractivity contribution >= 4 is 5.78 Å². The molecule has 2 atom stereocenters. The van der Waals surface area contributed by atoms with E-state index >= 15 is 0 Å². The van der Waals surface area contributed by atoms with Crippen LogP contribution in [0.15, 0.2) is 36.5 Å². The summed E-state index contributed by atoms with van der Waals surface area (Å²) in [6.45, 7) is 3.11. The number of nitrogens with zero attached hydrogens (tertiary/aromatic N) is 5. The predicted molar refractivity (Wildman–Crippen MR) is 91.6 cm³/mol. The average Bonchev–Trinajstić information content (AvgIpc) is 3.16. The van der Waals surface area contributed by atoms with Crippen LogP contribution < -0.4 is 0 Å². The molecule has 2 bridgehead atoms. The van der Waals surface area contributed by atoms with Crippen LogP contribution in [0.1, 0.15) is 48.5 Å². The largest absolute Gasteiger partial charge is 0.289 e. The number of fused-ring (bicyclic) bond motifs is 6. The first kappa shape index (κ1) is 14.1. The zero-order valence-electron chi connectivity index (χ0n) is 13.9. The molecule has 0 aliphatic carbocycles. The summed E-state index contributed by atoms with van der Waals surface area (Å²) in [6.07, 6.45) is 6.41. The molecule has 24 heavy (non-hydrogen) atoms. The zero-order valence-corrected chi connectivity index (χ0v) is 13.9. The molecule has 122 valence electrons. The number of aryl methyl sites for hydroxylation is 1. The number of benzene rings is 1. The van der Waals surface area contributed by atoms with E-state index in [0.29, 0.717) is 12.1 Å². The Bertz CT molecular complexity index is 885. The molecule has 2 aromatic heterocycles. The van der Waals surface area contributed by atoms with Crippen molar-refractivity contribution in [3.63, 3.8) is 0 Å². The number of rotatable bonds is 3. The summed E-state index contributed by atoms with van der Waals surface area (Å²) in [5, 5.41) is 4.67. The van der Waals surface area contributed by atoms with Crippen molar-refractivity contribution in [1.29, 1.82) is 0 Å². The smallest absolute Gasteiger partial charge is 0.252 e. The summed E-state index contributed by atoms with van der Waals surface area (Å²) in [4.78, 5) is 11.8. The molecular weight excluding hydrogens is 298 g/mol. The monoisotopic (exact) mass is 319 g/mol. The lowest BCUT2D eigenvalue weighted by Gasteiger charge is -2.36. The molecule has 0 spiro atoms. The highest BCUT2D eigenvalue weighted by atomic mass is 15.3. The third-order valence-corrected chi connectivity index (χ3v) is 5.50. The second-order valence-corrected chi connectivity index (χ2v) is 6.86. The van der Waals surface area contributed by atoms with Crippen molar-refractivity contribution in [2.45, 2.75) is 51.2 Å². The van der Waals surface area contributed by atoms with E-state index in [-0.39, 0.29) is 0 Å². The van der Waals surface area contributed by atoms with Crippen molar-refractivity contribution in [2.75, 3.05) is 0 Å². The lowest BCUT2D eigenvalue weighted by atomic mass is 9.98. The summed E-state index contributed by atoms with van der Waals surface area (Å²) >= 11 is 0. The van der Waals surface area contributed by atoms with Crippen LogP contribution in [0.4, 0.5) is 0 Å². The minimum Gasteiger partial charge on any atom is -0.289 e. The van der Waals surface area contributed by atoms with Crippen LogP contribution in [0.25, 0.3) is 5.78 Å². The number of aromatic nitrogens is 4. The van der Waals surface area contributed by atoms with Gasteiger partial charge in [0.15, 0.2) is 5.82 Å². The van der Waals surface area contributed by atoms with Gasteiger partial charge in [0.25, 0.3) is 5.78 Å². The molecule has 1 fully saturated rings. The van der Waals surface area contributed by atoms with Crippen LogP contribution in [0, 0.1) is 0 Å². The molecule has 3 aromatic rings. The van der Waals surface area contributed by atoms with Gasteiger partial charge in [-0.05, 0) is 18.4 Å². The van der Waals surface area contributed by atoms with Crippen LogP contribution in [-0.2, 0) is 19.4 Å². The van der Waals surface area contributed by atoms with Crippen molar-refractivity contribution < 1.29 is 0 Å². The van der Waals surface area contributed by atoms with E-state index in [1.54, 1.807) is 0 Å². The van der Waals surface area contributed by atoms with E-state index in [0.717, 1.165) is 31.0 Å². The minimum atomic E-state index is 0.463. The fraction of sp³-hybridized carbons (Fsp3) is 0.421. The molecule has 2 aliphatic heterocycles. The third-order valence-electron chi connectivity index (χ3n) is 5.50. The maximum atomic E-state index is 4.67. The zero-order chi connectivity index (χ0) is 16.1. The second kappa shape index (κ2) is 5.38. The lowest BCUT2D eigenvalue weighted by Crippen LogP contribution is -2.38. The standard InChI is InChI=1S/C19H21N5/c1-2-18-21-19-20-11-15-16-9-8-14(10-17(15)24(19)22-18)23(16)12-13-6-4-3-5-7-13/h3-7,11,14,16H,2,8-10,12H2,1H3/t14-,16-/m0/s1. The van der Waals surface area contributed by atoms with Gasteiger partial charge in [0, 0.05) is 43.2 Å². The first-order valence-corrected chi connectivity index (χ1v) is 8.86. The van der Waals surface area contributed by atoms with Crippen molar-refractivity contribution in [3.8, 4) is 0 Å². The molecule has 0 amide bonds. The molecule has 5 rings (SSSR count). The maximum absolute atomic E-state index is 4.67. The van der Waals surface area contributed by atoms with Gasteiger partial charge in [-0.25, -0.2) is 9.50 Å². The highest BCUT2D eigenvalue weighted by Crippen LogP contribution is 2.44. The van der Waals surface area contributed by atoms with E-state index in [9.17, 15) is 0 Å². The van der Waals surface area contributed by atoms with Gasteiger partial charge in [-0.1, -0.05) is 37.3 Å². The highest BCUT2D eigenvalue weighted by molar-refractivity contribution is 5.38. The van der Waals surface area contributed by atoms with E-state index < -0.39 is 0 Å². The van der Waals surface area contributed by atoms with Crippen molar-refractivity contribution in [1.82, 2.24) is 24.5 Å².